The zero-order chi connectivity index (χ0) is 90.7. The summed E-state index contributed by atoms with van der Waals surface area (Å²) in [6.45, 7) is 4.62. The van der Waals surface area contributed by atoms with Crippen molar-refractivity contribution in [1.29, 1.82) is 0 Å². The van der Waals surface area contributed by atoms with E-state index in [-0.39, 0.29) is 11.1 Å². The molecule has 1 unspecified atom stereocenters. The van der Waals surface area contributed by atoms with Crippen molar-refractivity contribution >= 4 is 0 Å². The van der Waals surface area contributed by atoms with Crippen molar-refractivity contribution in [3.63, 3.8) is 0 Å². The molecule has 0 saturated heterocycles. The highest BCUT2D eigenvalue weighted by Gasteiger charge is 2.21. The molecule has 0 amide bonds. The van der Waals surface area contributed by atoms with Gasteiger partial charge in [-0.25, -0.2) is 27.4 Å². The third-order valence-corrected chi connectivity index (χ3v) is 17.4. The minimum Gasteiger partial charge on any atom is -0.201 e. The van der Waals surface area contributed by atoms with E-state index in [0.29, 0.717) is 22.4 Å². The Balaban J connectivity index is 0.000000201. The van der Waals surface area contributed by atoms with Gasteiger partial charge in [-0.2, -0.15) is 0 Å². The number of rotatable bonds is 12. The predicted molar refractivity (Wildman–Crippen MR) is 417 cm³/mol. The van der Waals surface area contributed by atoms with E-state index in [1.807, 2.05) is 196 Å². The number of aromatic nitrogens is 6. The molecule has 0 spiro atoms. The Labute approximate surface area is 627 Å². The summed E-state index contributed by atoms with van der Waals surface area (Å²) >= 11 is 0. The second kappa shape index (κ2) is 37.3. The number of benzene rings is 6. The average molecular weight is 1340 g/mol. The van der Waals surface area contributed by atoms with Gasteiger partial charge < -0.3 is 0 Å². The second-order valence-electron chi connectivity index (χ2n) is 24.7. The zero-order valence-electron chi connectivity index (χ0n) is 82.6. The Morgan fingerprint density at radius 1 is 0.323 bits per heavy atom. The van der Waals surface area contributed by atoms with Gasteiger partial charge in [-0.3, -0.25) is 0 Å². The highest BCUT2D eigenvalue weighted by Crippen LogP contribution is 2.30. The monoisotopic (exact) mass is 1340 g/mol. The summed E-state index contributed by atoms with van der Waals surface area (Å²) in [5.74, 6) is -7.03. The third-order valence-electron chi connectivity index (χ3n) is 17.4. The van der Waals surface area contributed by atoms with E-state index in [1.54, 1.807) is 73.6 Å². The molecule has 6 aromatic carbocycles. The maximum absolute atomic E-state index is 8.48. The number of aryl methyl sites for hydroxylation is 15. The van der Waals surface area contributed by atoms with Crippen LogP contribution in [0, 0.1) is 41.5 Å². The first-order valence-electron chi connectivity index (χ1n) is 44.3. The molecule has 0 radical (unpaired) electrons. The average Bonchev–Trinajstić information content (AvgIpc) is 0.731. The predicted octanol–water partition coefficient (Wildman–Crippen LogP) is 20.0. The molecule has 510 valence electrons. The van der Waals surface area contributed by atoms with Crippen LogP contribution >= 0.6 is 0 Å². The van der Waals surface area contributed by atoms with Gasteiger partial charge in [-0.05, 0) is 184 Å². The summed E-state index contributed by atoms with van der Waals surface area (Å²) in [6.07, 6.45) is 9.34. The first-order chi connectivity index (χ1) is 56.0. The van der Waals surface area contributed by atoms with Crippen LogP contribution in [0.25, 0.3) is 67.5 Å². The van der Waals surface area contributed by atoms with Crippen molar-refractivity contribution in [2.75, 3.05) is 0 Å². The molecule has 0 aliphatic carbocycles. The Hall–Kier alpha value is -9.78. The molecule has 6 heterocycles. The summed E-state index contributed by atoms with van der Waals surface area (Å²) in [6, 6.07) is 69.5. The minimum atomic E-state index is -3.01. The maximum atomic E-state index is 8.48. The fourth-order valence-electron chi connectivity index (χ4n) is 11.7. The molecule has 12 aromatic rings. The summed E-state index contributed by atoms with van der Waals surface area (Å²) in [5.41, 5.74) is 21.8. The number of pyridine rings is 6. The van der Waals surface area contributed by atoms with Crippen LogP contribution in [0.4, 0.5) is 0 Å². The normalized spacial score (nSPS) is 15.7. The smallest absolute Gasteiger partial charge is 0.201 e. The molecule has 0 fully saturated rings. The Morgan fingerprint density at radius 2 is 0.727 bits per heavy atom. The zero-order valence-corrected chi connectivity index (χ0v) is 60.6. The topological polar surface area (TPSA) is 23.3 Å². The van der Waals surface area contributed by atoms with Gasteiger partial charge in [0.15, 0.2) is 37.2 Å². The summed E-state index contributed by atoms with van der Waals surface area (Å²) < 4.78 is 182. The number of nitrogens with zero attached hydrogens (tertiary/aromatic N) is 6. The van der Waals surface area contributed by atoms with Crippen LogP contribution in [-0.4, -0.2) is 0 Å². The molecule has 6 heteroatoms. The fraction of sp³-hybridized carbons (Fsp3) is 0.290. The van der Waals surface area contributed by atoms with Crippen molar-refractivity contribution in [3.05, 3.63) is 322 Å². The second-order valence-corrected chi connectivity index (χ2v) is 24.7. The van der Waals surface area contributed by atoms with Gasteiger partial charge in [0.05, 0.1) is 0 Å². The Kier molecular flexibility index (Phi) is 19.0. The van der Waals surface area contributed by atoms with Crippen LogP contribution < -0.4 is 27.4 Å². The Bertz CT molecular complexity index is 5530. The van der Waals surface area contributed by atoms with Gasteiger partial charge in [0, 0.05) is 134 Å². The molecular formula is C93H114N6+6. The number of hydrogen-bond donors (Lipinski definition) is 0. The van der Waals surface area contributed by atoms with Crippen molar-refractivity contribution in [1.82, 2.24) is 0 Å². The van der Waals surface area contributed by atoms with E-state index < -0.39 is 64.7 Å². The summed E-state index contributed by atoms with van der Waals surface area (Å²) in [7, 11) is 11.4. The van der Waals surface area contributed by atoms with Crippen molar-refractivity contribution in [2.24, 2.45) is 42.3 Å². The summed E-state index contributed by atoms with van der Waals surface area (Å²) in [5, 5.41) is 0. The van der Waals surface area contributed by atoms with E-state index in [2.05, 4.69) is 100 Å². The van der Waals surface area contributed by atoms with Crippen LogP contribution in [0.2, 0.25) is 0 Å². The minimum absolute atomic E-state index is 0.0261. The molecule has 6 nitrogen and oxygen atoms in total. The van der Waals surface area contributed by atoms with E-state index in [9.17, 15) is 0 Å². The quantitative estimate of drug-likeness (QED) is 0.109. The SMILES string of the molecule is CCc1cc[n+](C)c(-c2ccccc2C)c1.[2H]C([2H])(C)c1ccc(-c2ccccc2C)[n+](C)c1.[2H]C([2H])(C)c1ccc[n+](C)c1-c1ccccc1C.[2H]C([2H])([2H])C([2H])(C)c1cc[n+](C)c(-c2ccccc2C)c1.[2H]C([2H])([2H])C([2H])(c1ccc(-c2ccccc2C)[n+](C)c1)C([2H])([2H])[2H].[2H]C([2H])([2H])C([2H])(c1ccc[n+](C)c1-c1ccccc1C)C([2H])([2H])[2H]. The van der Waals surface area contributed by atoms with E-state index in [4.69, 9.17) is 30.2 Å². The van der Waals surface area contributed by atoms with Crippen LogP contribution in [0.3, 0.4) is 0 Å². The molecule has 0 N–H and O–H groups in total. The first-order valence-corrected chi connectivity index (χ1v) is 33.3. The molecule has 0 aliphatic rings. The van der Waals surface area contributed by atoms with Gasteiger partial charge in [-0.1, -0.05) is 171 Å². The van der Waals surface area contributed by atoms with Gasteiger partial charge in [0.25, 0.3) is 0 Å². The van der Waals surface area contributed by atoms with E-state index in [1.165, 1.54) is 58.8 Å². The van der Waals surface area contributed by atoms with Crippen LogP contribution in [0.1, 0.15) is 177 Å². The highest BCUT2D eigenvalue weighted by molar-refractivity contribution is 5.67. The van der Waals surface area contributed by atoms with E-state index >= 15 is 0 Å². The lowest BCUT2D eigenvalue weighted by molar-refractivity contribution is -0.661. The molecular weight excluding hydrogens is 1200 g/mol. The van der Waals surface area contributed by atoms with Gasteiger partial charge in [0.2, 0.25) is 34.2 Å². The lowest BCUT2D eigenvalue weighted by Gasteiger charge is -2.11. The van der Waals surface area contributed by atoms with Gasteiger partial charge >= 0.3 is 0 Å². The van der Waals surface area contributed by atoms with Crippen molar-refractivity contribution in [3.8, 4) is 67.5 Å². The molecule has 12 rings (SSSR count). The standard InChI is InChI=1S/3C16H20N.3C15H18N/c1-12(2)14-10-7-11-17(4)16(14)15-9-6-5-8-13(15)3;1-12(2)14-9-10-17(4)16(11-14)15-8-6-5-7-13(15)3;1-12(2)14-9-10-16(17(4)11-14)15-8-6-5-7-13(15)3;1-4-13-9-7-11-16(3)15(13)14-10-6-5-8-12(14)2;1-4-13-9-10-16(3)15(11-13)14-8-6-5-7-12(14)2;1-4-13-9-10-15(16(3)11-13)14-8-6-5-7-12(14)2/h3*5-12H,1-4H3;3*5-11H,4H2,1-3H3/q6*+1/i1D3,2D3,12D;1D3,12D;1D3,2D3,12D;4D2;;4D2. The molecule has 0 saturated carbocycles. The van der Waals surface area contributed by atoms with Crippen molar-refractivity contribution in [2.45, 2.75) is 140 Å². The van der Waals surface area contributed by atoms with Crippen LogP contribution in [0.15, 0.2) is 256 Å². The van der Waals surface area contributed by atoms with Crippen molar-refractivity contribution < 1.29 is 57.6 Å². The first kappa shape index (κ1) is 50.5. The molecule has 6 aromatic heterocycles. The van der Waals surface area contributed by atoms with Gasteiger partial charge in [0.1, 0.15) is 42.3 Å². The lowest BCUT2D eigenvalue weighted by atomic mass is 9.94. The molecule has 0 aliphatic heterocycles. The number of hydrogen-bond acceptors (Lipinski definition) is 0. The van der Waals surface area contributed by atoms with Gasteiger partial charge in [-0.15, -0.1) is 0 Å². The van der Waals surface area contributed by atoms with Crippen LogP contribution in [-0.2, 0) is 61.5 Å². The fourth-order valence-corrected chi connectivity index (χ4v) is 11.7. The molecule has 0 bridgehead atoms. The Morgan fingerprint density at radius 3 is 1.16 bits per heavy atom. The maximum Gasteiger partial charge on any atom is 0.215 e. The lowest BCUT2D eigenvalue weighted by Crippen LogP contribution is -2.32. The largest absolute Gasteiger partial charge is 0.215 e. The molecule has 99 heavy (non-hydrogen) atoms. The molecule has 1 atom stereocenters. The summed E-state index contributed by atoms with van der Waals surface area (Å²) in [4.78, 5) is 0. The highest BCUT2D eigenvalue weighted by atomic mass is 14.9. The third kappa shape index (κ3) is 20.6. The van der Waals surface area contributed by atoms with E-state index in [0.717, 1.165) is 73.7 Å². The van der Waals surface area contributed by atoms with Crippen LogP contribution in [0.5, 0.6) is 0 Å².